The Morgan fingerprint density at radius 3 is 2.38 bits per heavy atom. The molecule has 0 saturated carbocycles. The Labute approximate surface area is 128 Å². The lowest BCUT2D eigenvalue weighted by Gasteiger charge is -2.22. The maximum Gasteiger partial charge on any atom is 0.0718 e. The second-order valence-electron chi connectivity index (χ2n) is 5.99. The maximum absolute atomic E-state index is 6.51. The van der Waals surface area contributed by atoms with Crippen molar-refractivity contribution in [2.45, 2.75) is 65.5 Å². The summed E-state index contributed by atoms with van der Waals surface area (Å²) >= 11 is 0. The number of fused-ring (bicyclic) bond motifs is 1. The summed E-state index contributed by atoms with van der Waals surface area (Å²) in [5.74, 6) is 0.616. The summed E-state index contributed by atoms with van der Waals surface area (Å²) in [5, 5.41) is 6.05. The summed E-state index contributed by atoms with van der Waals surface area (Å²) in [4.78, 5) is 0. The molecule has 1 aromatic heterocycles. The fourth-order valence-corrected chi connectivity index (χ4v) is 3.29. The number of nitrogens with two attached hydrogens (primary N) is 1. The third kappa shape index (κ3) is 3.65. The van der Waals surface area contributed by atoms with Gasteiger partial charge in [0, 0.05) is 24.4 Å². The molecule has 0 spiro atoms. The van der Waals surface area contributed by atoms with Crippen LogP contribution < -0.4 is 5.73 Å². The lowest BCUT2D eigenvalue weighted by atomic mass is 9.88. The van der Waals surface area contributed by atoms with Gasteiger partial charge in [-0.1, -0.05) is 44.9 Å². The summed E-state index contributed by atoms with van der Waals surface area (Å²) in [7, 11) is 0. The molecule has 0 aliphatic rings. The van der Waals surface area contributed by atoms with Crippen molar-refractivity contribution in [2.24, 2.45) is 11.7 Å². The molecule has 1 unspecified atom stereocenters. The third-order valence-electron chi connectivity index (χ3n) is 4.39. The number of aromatic nitrogens is 2. The second-order valence-corrected chi connectivity index (χ2v) is 5.99. The Morgan fingerprint density at radius 1 is 1.10 bits per heavy atom. The molecule has 0 aliphatic heterocycles. The van der Waals surface area contributed by atoms with Crippen LogP contribution in [0.25, 0.3) is 10.9 Å². The van der Waals surface area contributed by atoms with E-state index < -0.39 is 0 Å². The normalized spacial score (nSPS) is 13.2. The quantitative estimate of drug-likeness (QED) is 0.793. The molecule has 0 saturated heterocycles. The Kier molecular flexibility index (Phi) is 5.80. The lowest BCUT2D eigenvalue weighted by Crippen LogP contribution is -2.32. The highest BCUT2D eigenvalue weighted by Gasteiger charge is 2.19. The Morgan fingerprint density at radius 2 is 1.76 bits per heavy atom. The Bertz CT molecular complexity index is 553. The maximum atomic E-state index is 6.51. The predicted molar refractivity (Wildman–Crippen MR) is 90.4 cm³/mol. The van der Waals surface area contributed by atoms with Crippen LogP contribution >= 0.6 is 0 Å². The van der Waals surface area contributed by atoms with E-state index in [2.05, 4.69) is 49.7 Å². The minimum Gasteiger partial charge on any atom is -0.327 e. The van der Waals surface area contributed by atoms with Gasteiger partial charge in [0.25, 0.3) is 0 Å². The van der Waals surface area contributed by atoms with E-state index in [0.717, 1.165) is 18.7 Å². The molecule has 3 nitrogen and oxygen atoms in total. The number of aryl methyl sites for hydroxylation is 1. The van der Waals surface area contributed by atoms with Crippen LogP contribution in [0, 0.1) is 5.92 Å². The molecule has 0 amide bonds. The van der Waals surface area contributed by atoms with Gasteiger partial charge in [0.2, 0.25) is 0 Å². The summed E-state index contributed by atoms with van der Waals surface area (Å²) in [6.45, 7) is 7.54. The number of hydrogen-bond donors (Lipinski definition) is 1. The number of benzene rings is 1. The molecule has 1 aromatic carbocycles. The van der Waals surface area contributed by atoms with Crippen molar-refractivity contribution < 1.29 is 0 Å². The first kappa shape index (κ1) is 16.0. The van der Waals surface area contributed by atoms with Crippen LogP contribution in [0.2, 0.25) is 0 Å². The fraction of sp³-hybridized carbons (Fsp3) is 0.611. The molecular weight excluding hydrogens is 258 g/mol. The molecule has 2 N–H and O–H groups in total. The van der Waals surface area contributed by atoms with Crippen LogP contribution in [-0.4, -0.2) is 15.8 Å². The van der Waals surface area contributed by atoms with Crippen LogP contribution in [-0.2, 0) is 13.0 Å². The zero-order valence-corrected chi connectivity index (χ0v) is 13.7. The number of hydrogen-bond acceptors (Lipinski definition) is 2. The van der Waals surface area contributed by atoms with Crippen LogP contribution in [0.15, 0.2) is 24.3 Å². The zero-order valence-electron chi connectivity index (χ0n) is 13.7. The van der Waals surface area contributed by atoms with E-state index in [1.807, 2.05) is 0 Å². The van der Waals surface area contributed by atoms with Gasteiger partial charge in [0.15, 0.2) is 0 Å². The number of para-hydroxylation sites is 1. The summed E-state index contributed by atoms with van der Waals surface area (Å²) in [6, 6.07) is 8.71. The average Bonchev–Trinajstić information content (AvgIpc) is 2.85. The molecule has 1 heterocycles. The summed E-state index contributed by atoms with van der Waals surface area (Å²) in [6.07, 6.45) is 5.76. The van der Waals surface area contributed by atoms with Crippen molar-refractivity contribution in [1.29, 1.82) is 0 Å². The first-order chi connectivity index (χ1) is 10.2. The highest BCUT2D eigenvalue weighted by Crippen LogP contribution is 2.23. The average molecular weight is 287 g/mol. The van der Waals surface area contributed by atoms with Gasteiger partial charge in [-0.2, -0.15) is 5.10 Å². The summed E-state index contributed by atoms with van der Waals surface area (Å²) < 4.78 is 2.09. The monoisotopic (exact) mass is 287 g/mol. The van der Waals surface area contributed by atoms with Gasteiger partial charge >= 0.3 is 0 Å². The van der Waals surface area contributed by atoms with Crippen molar-refractivity contribution >= 4 is 10.9 Å². The molecule has 3 heteroatoms. The van der Waals surface area contributed by atoms with Gasteiger partial charge in [-0.3, -0.25) is 4.68 Å². The largest absolute Gasteiger partial charge is 0.327 e. The van der Waals surface area contributed by atoms with Crippen molar-refractivity contribution in [2.75, 3.05) is 0 Å². The van der Waals surface area contributed by atoms with Crippen LogP contribution in [0.1, 0.15) is 52.1 Å². The zero-order chi connectivity index (χ0) is 15.2. The van der Waals surface area contributed by atoms with E-state index in [4.69, 9.17) is 10.8 Å². The topological polar surface area (TPSA) is 43.8 Å². The first-order valence-corrected chi connectivity index (χ1v) is 8.41. The minimum atomic E-state index is 0.216. The van der Waals surface area contributed by atoms with Gasteiger partial charge < -0.3 is 5.73 Å². The second kappa shape index (κ2) is 7.60. The Hall–Kier alpha value is -1.35. The van der Waals surface area contributed by atoms with Crippen molar-refractivity contribution in [3.63, 3.8) is 0 Å². The molecule has 2 rings (SSSR count). The Balaban J connectivity index is 2.22. The molecule has 2 aromatic rings. The van der Waals surface area contributed by atoms with Gasteiger partial charge in [-0.25, -0.2) is 0 Å². The van der Waals surface area contributed by atoms with E-state index in [1.165, 1.54) is 36.6 Å². The number of rotatable bonds is 8. The fourth-order valence-electron chi connectivity index (χ4n) is 3.29. The van der Waals surface area contributed by atoms with Gasteiger partial charge in [-0.05, 0) is 31.7 Å². The van der Waals surface area contributed by atoms with Gasteiger partial charge in [0.1, 0.15) is 0 Å². The highest BCUT2D eigenvalue weighted by molar-refractivity contribution is 5.82. The third-order valence-corrected chi connectivity index (χ3v) is 4.39. The first-order valence-electron chi connectivity index (χ1n) is 8.41. The van der Waals surface area contributed by atoms with Gasteiger partial charge in [0.05, 0.1) is 11.2 Å². The lowest BCUT2D eigenvalue weighted by molar-refractivity contribution is 0.358. The molecular formula is C18H29N3. The van der Waals surface area contributed by atoms with Gasteiger partial charge in [-0.15, -0.1) is 0 Å². The van der Waals surface area contributed by atoms with Crippen LogP contribution in [0.3, 0.4) is 0 Å². The molecule has 0 radical (unpaired) electrons. The molecule has 1 atom stereocenters. The molecule has 0 bridgehead atoms. The SMILES string of the molecule is CCCC(CCC)C(N)Cc1nn(CC)c2ccccc12. The molecule has 0 aliphatic carbocycles. The minimum absolute atomic E-state index is 0.216. The van der Waals surface area contributed by atoms with E-state index in [1.54, 1.807) is 0 Å². The van der Waals surface area contributed by atoms with E-state index in [-0.39, 0.29) is 6.04 Å². The number of nitrogens with zero attached hydrogens (tertiary/aromatic N) is 2. The van der Waals surface area contributed by atoms with Crippen molar-refractivity contribution in [3.8, 4) is 0 Å². The summed E-state index contributed by atoms with van der Waals surface area (Å²) in [5.41, 5.74) is 8.91. The predicted octanol–water partition coefficient (Wildman–Crippen LogP) is 4.14. The van der Waals surface area contributed by atoms with Crippen LogP contribution in [0.5, 0.6) is 0 Å². The standard InChI is InChI=1S/C18H29N3/c1-4-9-14(10-5-2)16(19)13-17-15-11-7-8-12-18(15)21(6-3)20-17/h7-8,11-12,14,16H,4-6,9-10,13,19H2,1-3H3. The van der Waals surface area contributed by atoms with E-state index >= 15 is 0 Å². The van der Waals surface area contributed by atoms with Crippen LogP contribution in [0.4, 0.5) is 0 Å². The molecule has 116 valence electrons. The molecule has 0 fully saturated rings. The van der Waals surface area contributed by atoms with E-state index in [0.29, 0.717) is 5.92 Å². The smallest absolute Gasteiger partial charge is 0.0718 e. The van der Waals surface area contributed by atoms with Crippen molar-refractivity contribution in [3.05, 3.63) is 30.0 Å². The molecule has 21 heavy (non-hydrogen) atoms. The van der Waals surface area contributed by atoms with E-state index in [9.17, 15) is 0 Å². The van der Waals surface area contributed by atoms with Crippen molar-refractivity contribution in [1.82, 2.24) is 9.78 Å². The highest BCUT2D eigenvalue weighted by atomic mass is 15.3.